The van der Waals surface area contributed by atoms with Crippen molar-refractivity contribution in [3.05, 3.63) is 71.5 Å². The van der Waals surface area contributed by atoms with Gasteiger partial charge in [0.15, 0.2) is 0 Å². The van der Waals surface area contributed by atoms with Gasteiger partial charge >= 0.3 is 0 Å². The Hall–Kier alpha value is -1.76. The van der Waals surface area contributed by atoms with E-state index in [4.69, 9.17) is 0 Å². The Kier molecular flexibility index (Phi) is 5.87. The smallest absolute Gasteiger partial charge is 0.215 e. The molecular weight excluding hydrogens is 315 g/mol. The number of halogens is 1. The average Bonchev–Trinajstić information content (AvgIpc) is 2.47. The predicted octanol–water partition coefficient (Wildman–Crippen LogP) is 2.55. The lowest BCUT2D eigenvalue weighted by Crippen LogP contribution is -2.35. The van der Waals surface area contributed by atoms with Crippen molar-refractivity contribution in [1.29, 1.82) is 0 Å². The Morgan fingerprint density at radius 2 is 1.78 bits per heavy atom. The number of rotatable bonds is 7. The van der Waals surface area contributed by atoms with Crippen LogP contribution in [0, 0.1) is 5.82 Å². The third-order valence-electron chi connectivity index (χ3n) is 3.55. The van der Waals surface area contributed by atoms with Gasteiger partial charge < -0.3 is 4.90 Å². The van der Waals surface area contributed by atoms with Gasteiger partial charge in [-0.3, -0.25) is 0 Å². The molecule has 4 nitrogen and oxygen atoms in total. The SMILES string of the molecule is CN(C)C(CNS(=O)(=O)Cc1ccccc1)c1cccc(F)c1. The molecule has 0 aliphatic rings. The van der Waals surface area contributed by atoms with Crippen LogP contribution in [0.4, 0.5) is 4.39 Å². The molecule has 6 heteroatoms. The molecule has 0 saturated carbocycles. The van der Waals surface area contributed by atoms with E-state index in [1.807, 2.05) is 25.1 Å². The summed E-state index contributed by atoms with van der Waals surface area (Å²) in [6.45, 7) is 0.186. The summed E-state index contributed by atoms with van der Waals surface area (Å²) in [7, 11) is 0.217. The number of benzene rings is 2. The molecule has 1 N–H and O–H groups in total. The number of hydrogen-bond donors (Lipinski definition) is 1. The number of hydrogen-bond acceptors (Lipinski definition) is 3. The van der Waals surface area contributed by atoms with Gasteiger partial charge in [-0.15, -0.1) is 0 Å². The molecule has 2 aromatic rings. The van der Waals surface area contributed by atoms with E-state index >= 15 is 0 Å². The Labute approximate surface area is 137 Å². The molecule has 0 heterocycles. The molecule has 124 valence electrons. The number of likely N-dealkylation sites (N-methyl/N-ethyl adjacent to an activating group) is 1. The molecule has 1 unspecified atom stereocenters. The van der Waals surface area contributed by atoms with E-state index in [-0.39, 0.29) is 24.2 Å². The van der Waals surface area contributed by atoms with Crippen LogP contribution in [-0.4, -0.2) is 34.0 Å². The second kappa shape index (κ2) is 7.68. The Morgan fingerprint density at radius 3 is 2.39 bits per heavy atom. The molecule has 0 radical (unpaired) electrons. The van der Waals surface area contributed by atoms with Crippen LogP contribution in [-0.2, 0) is 15.8 Å². The van der Waals surface area contributed by atoms with Crippen LogP contribution in [0.15, 0.2) is 54.6 Å². The highest BCUT2D eigenvalue weighted by molar-refractivity contribution is 7.88. The highest BCUT2D eigenvalue weighted by Crippen LogP contribution is 2.18. The zero-order valence-corrected chi connectivity index (χ0v) is 14.1. The normalized spacial score (nSPS) is 13.2. The van der Waals surface area contributed by atoms with Crippen LogP contribution < -0.4 is 4.72 Å². The van der Waals surface area contributed by atoms with Crippen molar-refractivity contribution in [2.75, 3.05) is 20.6 Å². The third-order valence-corrected chi connectivity index (χ3v) is 4.87. The summed E-state index contributed by atoms with van der Waals surface area (Å²) in [6.07, 6.45) is 0. The lowest BCUT2D eigenvalue weighted by Gasteiger charge is -2.25. The number of nitrogens with one attached hydrogen (secondary N) is 1. The molecule has 2 rings (SSSR count). The minimum atomic E-state index is -3.45. The first kappa shape index (κ1) is 17.6. The van der Waals surface area contributed by atoms with Gasteiger partial charge in [0.2, 0.25) is 10.0 Å². The fourth-order valence-corrected chi connectivity index (χ4v) is 3.51. The van der Waals surface area contributed by atoms with E-state index < -0.39 is 10.0 Å². The number of nitrogens with zero attached hydrogens (tertiary/aromatic N) is 1. The lowest BCUT2D eigenvalue weighted by atomic mass is 10.1. The lowest BCUT2D eigenvalue weighted by molar-refractivity contribution is 0.298. The maximum absolute atomic E-state index is 13.4. The topological polar surface area (TPSA) is 49.4 Å². The summed E-state index contributed by atoms with van der Waals surface area (Å²) in [6, 6.07) is 15.0. The maximum Gasteiger partial charge on any atom is 0.215 e. The highest BCUT2D eigenvalue weighted by atomic mass is 32.2. The van der Waals surface area contributed by atoms with E-state index in [0.717, 1.165) is 11.1 Å². The monoisotopic (exact) mass is 336 g/mol. The van der Waals surface area contributed by atoms with Crippen LogP contribution in [0.2, 0.25) is 0 Å². The minimum absolute atomic E-state index is 0.0723. The first-order chi connectivity index (χ1) is 10.9. The Balaban J connectivity index is 2.06. The van der Waals surface area contributed by atoms with E-state index in [1.54, 1.807) is 36.4 Å². The summed E-state index contributed by atoms with van der Waals surface area (Å²) in [5.74, 6) is -0.404. The molecule has 0 amide bonds. The van der Waals surface area contributed by atoms with Gasteiger partial charge in [-0.2, -0.15) is 0 Å². The molecule has 1 atom stereocenters. The van der Waals surface area contributed by atoms with Crippen molar-refractivity contribution in [3.8, 4) is 0 Å². The minimum Gasteiger partial charge on any atom is -0.301 e. The summed E-state index contributed by atoms with van der Waals surface area (Å²) in [5.41, 5.74) is 1.46. The summed E-state index contributed by atoms with van der Waals surface area (Å²) < 4.78 is 40.5. The molecule has 23 heavy (non-hydrogen) atoms. The largest absolute Gasteiger partial charge is 0.301 e. The summed E-state index contributed by atoms with van der Waals surface area (Å²) >= 11 is 0. The van der Waals surface area contributed by atoms with E-state index in [2.05, 4.69) is 4.72 Å². The molecule has 0 saturated heterocycles. The standard InChI is InChI=1S/C17H21FN2O2S/c1-20(2)17(15-9-6-10-16(18)11-15)12-19-23(21,22)13-14-7-4-3-5-8-14/h3-11,17,19H,12-13H2,1-2H3. The van der Waals surface area contributed by atoms with Crippen molar-refractivity contribution in [2.45, 2.75) is 11.8 Å². The van der Waals surface area contributed by atoms with Gasteiger partial charge in [0.05, 0.1) is 5.75 Å². The molecule has 0 aliphatic heterocycles. The van der Waals surface area contributed by atoms with Gasteiger partial charge in [0, 0.05) is 12.6 Å². The molecular formula is C17H21FN2O2S. The van der Waals surface area contributed by atoms with Gasteiger partial charge in [0.1, 0.15) is 5.82 Å². The zero-order valence-electron chi connectivity index (χ0n) is 13.2. The first-order valence-electron chi connectivity index (χ1n) is 7.30. The predicted molar refractivity (Wildman–Crippen MR) is 89.9 cm³/mol. The van der Waals surface area contributed by atoms with E-state index in [9.17, 15) is 12.8 Å². The molecule has 0 spiro atoms. The molecule has 0 aromatic heterocycles. The van der Waals surface area contributed by atoms with Gasteiger partial charge in [0.25, 0.3) is 0 Å². The Bertz CT molecular complexity index is 733. The number of sulfonamides is 1. The second-order valence-electron chi connectivity index (χ2n) is 5.63. The van der Waals surface area contributed by atoms with Crippen molar-refractivity contribution in [1.82, 2.24) is 9.62 Å². The molecule has 0 fully saturated rings. The van der Waals surface area contributed by atoms with Gasteiger partial charge in [-0.1, -0.05) is 42.5 Å². The van der Waals surface area contributed by atoms with Gasteiger partial charge in [-0.25, -0.2) is 17.5 Å². The Morgan fingerprint density at radius 1 is 1.09 bits per heavy atom. The summed E-state index contributed by atoms with van der Waals surface area (Å²) in [4.78, 5) is 1.86. The first-order valence-corrected chi connectivity index (χ1v) is 8.96. The zero-order chi connectivity index (χ0) is 16.9. The molecule has 0 bridgehead atoms. The van der Waals surface area contributed by atoms with Gasteiger partial charge in [-0.05, 0) is 37.4 Å². The molecule has 2 aromatic carbocycles. The average molecular weight is 336 g/mol. The summed E-state index contributed by atoms with van der Waals surface area (Å²) in [5, 5.41) is 0. The van der Waals surface area contributed by atoms with Crippen LogP contribution in [0.1, 0.15) is 17.2 Å². The van der Waals surface area contributed by atoms with Crippen molar-refractivity contribution < 1.29 is 12.8 Å². The van der Waals surface area contributed by atoms with Crippen LogP contribution in [0.3, 0.4) is 0 Å². The second-order valence-corrected chi connectivity index (χ2v) is 7.43. The quantitative estimate of drug-likeness (QED) is 0.845. The third kappa shape index (κ3) is 5.42. The fraction of sp³-hybridized carbons (Fsp3) is 0.294. The van der Waals surface area contributed by atoms with Crippen molar-refractivity contribution >= 4 is 10.0 Å². The van der Waals surface area contributed by atoms with E-state index in [0.29, 0.717) is 0 Å². The van der Waals surface area contributed by atoms with Crippen molar-refractivity contribution in [2.24, 2.45) is 0 Å². The molecule has 0 aliphatic carbocycles. The van der Waals surface area contributed by atoms with Crippen LogP contribution in [0.5, 0.6) is 0 Å². The van der Waals surface area contributed by atoms with Crippen LogP contribution >= 0.6 is 0 Å². The van der Waals surface area contributed by atoms with Crippen molar-refractivity contribution in [3.63, 3.8) is 0 Å². The van der Waals surface area contributed by atoms with E-state index in [1.165, 1.54) is 12.1 Å². The fourth-order valence-electron chi connectivity index (χ4n) is 2.36. The highest BCUT2D eigenvalue weighted by Gasteiger charge is 2.19. The van der Waals surface area contributed by atoms with Crippen LogP contribution in [0.25, 0.3) is 0 Å². The maximum atomic E-state index is 13.4.